The lowest BCUT2D eigenvalue weighted by molar-refractivity contribution is 0.0955. The summed E-state index contributed by atoms with van der Waals surface area (Å²) >= 11 is 1.24. The molecule has 20 heavy (non-hydrogen) atoms. The highest BCUT2D eigenvalue weighted by atomic mass is 32.1. The van der Waals surface area contributed by atoms with Crippen LogP contribution in [0.3, 0.4) is 0 Å². The highest BCUT2D eigenvalue weighted by Crippen LogP contribution is 2.25. The van der Waals surface area contributed by atoms with Crippen LogP contribution in [-0.2, 0) is 6.54 Å². The van der Waals surface area contributed by atoms with Crippen LogP contribution in [0.2, 0.25) is 0 Å². The highest BCUT2D eigenvalue weighted by molar-refractivity contribution is 7.18. The number of carbonyl (C=O) groups excluding carboxylic acids is 1. The number of rotatable bonds is 5. The second kappa shape index (κ2) is 6.29. The lowest BCUT2D eigenvalue weighted by atomic mass is 10.3. The van der Waals surface area contributed by atoms with Crippen molar-refractivity contribution in [2.75, 3.05) is 11.1 Å². The first-order valence-corrected chi connectivity index (χ1v) is 6.95. The van der Waals surface area contributed by atoms with Crippen molar-refractivity contribution in [3.05, 3.63) is 28.9 Å². The van der Waals surface area contributed by atoms with Crippen LogP contribution in [0.1, 0.15) is 29.2 Å². The molecule has 0 saturated carbocycles. The van der Waals surface area contributed by atoms with Crippen LogP contribution in [-0.4, -0.2) is 27.1 Å². The monoisotopic (exact) mass is 292 g/mol. The van der Waals surface area contributed by atoms with Gasteiger partial charge in [-0.15, -0.1) is 0 Å². The molecular weight excluding hydrogens is 276 g/mol. The summed E-state index contributed by atoms with van der Waals surface area (Å²) in [6.45, 7) is 4.29. The molecule has 8 heteroatoms. The molecule has 0 aliphatic rings. The van der Waals surface area contributed by atoms with Crippen LogP contribution >= 0.6 is 11.3 Å². The maximum absolute atomic E-state index is 12.0. The van der Waals surface area contributed by atoms with Gasteiger partial charge in [0.2, 0.25) is 0 Å². The number of anilines is 2. The summed E-state index contributed by atoms with van der Waals surface area (Å²) in [6, 6.07) is 3.78. The van der Waals surface area contributed by atoms with Crippen LogP contribution in [0.15, 0.2) is 18.3 Å². The van der Waals surface area contributed by atoms with Crippen molar-refractivity contribution in [3.63, 3.8) is 0 Å². The zero-order valence-electron chi connectivity index (χ0n) is 11.3. The number of carbonyl (C=O) groups is 1. The topological polar surface area (TPSA) is 106 Å². The minimum absolute atomic E-state index is 0.231. The van der Waals surface area contributed by atoms with E-state index in [1.807, 2.05) is 13.8 Å². The first-order chi connectivity index (χ1) is 9.56. The van der Waals surface area contributed by atoms with Gasteiger partial charge in [0, 0.05) is 12.2 Å². The van der Waals surface area contributed by atoms with Crippen LogP contribution in [0.4, 0.5) is 10.9 Å². The maximum Gasteiger partial charge on any atom is 0.265 e. The Morgan fingerprint density at radius 2 is 2.30 bits per heavy atom. The quantitative estimate of drug-likeness (QED) is 0.766. The summed E-state index contributed by atoms with van der Waals surface area (Å²) in [5.41, 5.74) is 6.44. The molecule has 0 bridgehead atoms. The van der Waals surface area contributed by atoms with Crippen molar-refractivity contribution < 1.29 is 4.79 Å². The van der Waals surface area contributed by atoms with E-state index in [-0.39, 0.29) is 17.8 Å². The Labute approximate surface area is 120 Å². The Hall–Kier alpha value is -2.22. The van der Waals surface area contributed by atoms with E-state index in [1.54, 1.807) is 18.3 Å². The highest BCUT2D eigenvalue weighted by Gasteiger charge is 2.16. The number of nitrogens with two attached hydrogens (primary N) is 1. The number of hydrogen-bond acceptors (Lipinski definition) is 7. The van der Waals surface area contributed by atoms with Crippen molar-refractivity contribution in [1.82, 2.24) is 20.5 Å². The summed E-state index contributed by atoms with van der Waals surface area (Å²) in [5, 5.41) is 14.1. The third kappa shape index (κ3) is 3.64. The smallest absolute Gasteiger partial charge is 0.265 e. The molecule has 4 N–H and O–H groups in total. The minimum Gasteiger partial charge on any atom is -0.382 e. The van der Waals surface area contributed by atoms with Crippen molar-refractivity contribution >= 4 is 28.2 Å². The summed E-state index contributed by atoms with van der Waals surface area (Å²) in [5.74, 6) is -0.0303. The zero-order chi connectivity index (χ0) is 14.5. The summed E-state index contributed by atoms with van der Waals surface area (Å²) in [6.07, 6.45) is 1.58. The first-order valence-electron chi connectivity index (χ1n) is 6.14. The maximum atomic E-state index is 12.0. The molecule has 0 aromatic carbocycles. The third-order valence-electron chi connectivity index (χ3n) is 2.33. The van der Waals surface area contributed by atoms with E-state index in [0.29, 0.717) is 22.2 Å². The largest absolute Gasteiger partial charge is 0.382 e. The van der Waals surface area contributed by atoms with Gasteiger partial charge in [0.05, 0.1) is 12.2 Å². The molecule has 2 rings (SSSR count). The Morgan fingerprint density at radius 3 is 2.95 bits per heavy atom. The Bertz CT molecular complexity index is 583. The predicted octanol–water partition coefficient (Wildman–Crippen LogP) is 1.27. The third-order valence-corrected chi connectivity index (χ3v) is 3.33. The van der Waals surface area contributed by atoms with Gasteiger partial charge in [0.1, 0.15) is 10.7 Å². The van der Waals surface area contributed by atoms with E-state index in [4.69, 9.17) is 5.73 Å². The molecule has 0 aliphatic heterocycles. The lowest BCUT2D eigenvalue weighted by Gasteiger charge is -2.04. The summed E-state index contributed by atoms with van der Waals surface area (Å²) in [7, 11) is 0. The molecule has 0 aliphatic carbocycles. The minimum atomic E-state index is -0.262. The van der Waals surface area contributed by atoms with Crippen LogP contribution < -0.4 is 16.4 Å². The van der Waals surface area contributed by atoms with E-state index in [9.17, 15) is 4.79 Å². The number of aromatic nitrogens is 3. The fourth-order valence-electron chi connectivity index (χ4n) is 1.48. The van der Waals surface area contributed by atoms with Crippen LogP contribution in [0.25, 0.3) is 0 Å². The fourth-order valence-corrected chi connectivity index (χ4v) is 2.43. The second-order valence-corrected chi connectivity index (χ2v) is 5.43. The average molecular weight is 292 g/mol. The molecule has 0 radical (unpaired) electrons. The molecule has 2 heterocycles. The summed E-state index contributed by atoms with van der Waals surface area (Å²) < 4.78 is 0. The number of nitrogens with zero attached hydrogens (tertiary/aromatic N) is 3. The van der Waals surface area contributed by atoms with Gasteiger partial charge in [0.15, 0.2) is 5.13 Å². The summed E-state index contributed by atoms with van der Waals surface area (Å²) in [4.78, 5) is 16.6. The first kappa shape index (κ1) is 14.2. The van der Waals surface area contributed by atoms with Crippen molar-refractivity contribution in [1.29, 1.82) is 0 Å². The van der Waals surface area contributed by atoms with Crippen molar-refractivity contribution in [2.24, 2.45) is 0 Å². The van der Waals surface area contributed by atoms with E-state index in [0.717, 1.165) is 0 Å². The van der Waals surface area contributed by atoms with Gasteiger partial charge < -0.3 is 16.4 Å². The van der Waals surface area contributed by atoms with Gasteiger partial charge in [-0.3, -0.25) is 4.79 Å². The molecule has 0 unspecified atom stereocenters. The molecule has 106 valence electrons. The van der Waals surface area contributed by atoms with Crippen LogP contribution in [0, 0.1) is 0 Å². The van der Waals surface area contributed by atoms with Crippen molar-refractivity contribution in [3.8, 4) is 0 Å². The lowest BCUT2D eigenvalue weighted by Crippen LogP contribution is -2.23. The zero-order valence-corrected chi connectivity index (χ0v) is 12.1. The van der Waals surface area contributed by atoms with Gasteiger partial charge >= 0.3 is 0 Å². The molecule has 1 amide bonds. The number of nitrogen functional groups attached to an aromatic ring is 1. The van der Waals surface area contributed by atoms with Gasteiger partial charge in [-0.2, -0.15) is 10.2 Å². The van der Waals surface area contributed by atoms with Gasteiger partial charge in [-0.05, 0) is 26.0 Å². The standard InChI is InChI=1S/C12H16N6OS/c1-7(2)16-12-17-10(13)9(20-12)11(19)14-6-8-4-3-5-15-18-8/h3-5,7H,6,13H2,1-2H3,(H,14,19)(H,16,17). The molecule has 2 aromatic rings. The Balaban J connectivity index is 2.00. The van der Waals surface area contributed by atoms with Gasteiger partial charge in [-0.25, -0.2) is 4.98 Å². The van der Waals surface area contributed by atoms with E-state index < -0.39 is 0 Å². The van der Waals surface area contributed by atoms with Crippen LogP contribution in [0.5, 0.6) is 0 Å². The van der Waals surface area contributed by atoms with E-state index >= 15 is 0 Å². The predicted molar refractivity (Wildman–Crippen MR) is 78.5 cm³/mol. The second-order valence-electron chi connectivity index (χ2n) is 4.43. The number of nitrogens with one attached hydrogen (secondary N) is 2. The number of amides is 1. The molecule has 0 fully saturated rings. The van der Waals surface area contributed by atoms with E-state index in [2.05, 4.69) is 25.8 Å². The molecule has 7 nitrogen and oxygen atoms in total. The number of hydrogen-bond donors (Lipinski definition) is 3. The Morgan fingerprint density at radius 1 is 1.50 bits per heavy atom. The van der Waals surface area contributed by atoms with Crippen molar-refractivity contribution in [2.45, 2.75) is 26.4 Å². The SMILES string of the molecule is CC(C)Nc1nc(N)c(C(=O)NCc2cccnn2)s1. The number of thiazole rings is 1. The molecular formula is C12H16N6OS. The Kier molecular flexibility index (Phi) is 4.46. The molecule has 0 saturated heterocycles. The average Bonchev–Trinajstić information content (AvgIpc) is 2.77. The fraction of sp³-hybridized carbons (Fsp3) is 0.333. The molecule has 0 atom stereocenters. The van der Waals surface area contributed by atoms with E-state index in [1.165, 1.54) is 11.3 Å². The molecule has 2 aromatic heterocycles. The van der Waals surface area contributed by atoms with Gasteiger partial charge in [0.25, 0.3) is 5.91 Å². The molecule has 0 spiro atoms. The normalized spacial score (nSPS) is 10.6. The van der Waals surface area contributed by atoms with Gasteiger partial charge in [-0.1, -0.05) is 11.3 Å².